The second-order valence-electron chi connectivity index (χ2n) is 5.49. The minimum absolute atomic E-state index is 0.0354. The summed E-state index contributed by atoms with van der Waals surface area (Å²) in [5.41, 5.74) is 1.30. The van der Waals surface area contributed by atoms with Crippen molar-refractivity contribution in [2.75, 3.05) is 13.7 Å². The van der Waals surface area contributed by atoms with Crippen LogP contribution < -0.4 is 4.74 Å². The average molecular weight is 333 g/mol. The van der Waals surface area contributed by atoms with Gasteiger partial charge in [0, 0.05) is 5.56 Å². The van der Waals surface area contributed by atoms with Crippen molar-refractivity contribution < 1.29 is 23.8 Å². The maximum absolute atomic E-state index is 13.2. The molecule has 24 heavy (non-hydrogen) atoms. The van der Waals surface area contributed by atoms with E-state index in [9.17, 15) is 14.3 Å². The molecule has 1 heterocycles. The lowest BCUT2D eigenvalue weighted by atomic mass is 9.93. The molecule has 0 bridgehead atoms. The zero-order valence-corrected chi connectivity index (χ0v) is 14.1. The van der Waals surface area contributed by atoms with Crippen molar-refractivity contribution >= 4 is 5.97 Å². The van der Waals surface area contributed by atoms with Crippen molar-refractivity contribution in [3.05, 3.63) is 41.3 Å². The fourth-order valence-corrected chi connectivity index (χ4v) is 2.43. The van der Waals surface area contributed by atoms with Crippen molar-refractivity contribution in [3.63, 3.8) is 0 Å². The monoisotopic (exact) mass is 333 g/mol. The second-order valence-corrected chi connectivity index (χ2v) is 5.49. The SMILES string of the molecule is CCOc1nc(C(C)C)c(C(=O)OC)c(-c2ccc(F)cc2)c1O. The van der Waals surface area contributed by atoms with Gasteiger partial charge in [-0.15, -0.1) is 0 Å². The average Bonchev–Trinajstić information content (AvgIpc) is 2.56. The van der Waals surface area contributed by atoms with E-state index < -0.39 is 11.8 Å². The molecule has 0 aliphatic carbocycles. The molecule has 128 valence electrons. The smallest absolute Gasteiger partial charge is 0.340 e. The predicted octanol–water partition coefficient (Wildman–Crippen LogP) is 3.90. The first-order valence-electron chi connectivity index (χ1n) is 7.64. The third kappa shape index (κ3) is 3.32. The molecule has 1 aromatic heterocycles. The highest BCUT2D eigenvalue weighted by Gasteiger charge is 2.28. The Hall–Kier alpha value is -2.63. The first-order valence-corrected chi connectivity index (χ1v) is 7.64. The van der Waals surface area contributed by atoms with Crippen LogP contribution in [0.2, 0.25) is 0 Å². The van der Waals surface area contributed by atoms with E-state index in [2.05, 4.69) is 4.98 Å². The molecule has 0 amide bonds. The number of nitrogens with zero attached hydrogens (tertiary/aromatic N) is 1. The number of rotatable bonds is 5. The number of ether oxygens (including phenoxy) is 2. The second kappa shape index (κ2) is 7.29. The molecule has 0 aliphatic heterocycles. The van der Waals surface area contributed by atoms with Crippen molar-refractivity contribution in [1.82, 2.24) is 4.98 Å². The lowest BCUT2D eigenvalue weighted by molar-refractivity contribution is 0.0598. The normalized spacial score (nSPS) is 10.8. The van der Waals surface area contributed by atoms with E-state index in [0.29, 0.717) is 17.9 Å². The van der Waals surface area contributed by atoms with Gasteiger partial charge >= 0.3 is 5.97 Å². The minimum Gasteiger partial charge on any atom is -0.503 e. The summed E-state index contributed by atoms with van der Waals surface area (Å²) in [7, 11) is 1.26. The zero-order valence-electron chi connectivity index (χ0n) is 14.1. The number of carbonyl (C=O) groups is 1. The first-order chi connectivity index (χ1) is 11.4. The van der Waals surface area contributed by atoms with Gasteiger partial charge in [0.1, 0.15) is 5.82 Å². The van der Waals surface area contributed by atoms with Crippen LogP contribution in [-0.4, -0.2) is 29.8 Å². The minimum atomic E-state index is -0.621. The number of esters is 1. The Morgan fingerprint density at radius 3 is 2.42 bits per heavy atom. The molecule has 0 fully saturated rings. The van der Waals surface area contributed by atoms with Gasteiger partial charge < -0.3 is 14.6 Å². The van der Waals surface area contributed by atoms with Crippen LogP contribution in [0.1, 0.15) is 42.7 Å². The number of hydrogen-bond donors (Lipinski definition) is 1. The number of pyridine rings is 1. The summed E-state index contributed by atoms with van der Waals surface area (Å²) in [4.78, 5) is 16.6. The van der Waals surface area contributed by atoms with Crippen LogP contribution in [-0.2, 0) is 4.74 Å². The molecule has 5 nitrogen and oxygen atoms in total. The van der Waals surface area contributed by atoms with Gasteiger partial charge in [0.2, 0.25) is 0 Å². The number of aromatic hydroxyl groups is 1. The Morgan fingerprint density at radius 1 is 1.29 bits per heavy atom. The van der Waals surface area contributed by atoms with Crippen LogP contribution >= 0.6 is 0 Å². The van der Waals surface area contributed by atoms with Crippen LogP contribution in [0.3, 0.4) is 0 Å². The maximum atomic E-state index is 13.2. The highest BCUT2D eigenvalue weighted by atomic mass is 19.1. The third-order valence-electron chi connectivity index (χ3n) is 3.52. The number of halogens is 1. The van der Waals surface area contributed by atoms with Crippen LogP contribution in [0.25, 0.3) is 11.1 Å². The lowest BCUT2D eigenvalue weighted by Crippen LogP contribution is -2.13. The van der Waals surface area contributed by atoms with E-state index in [1.807, 2.05) is 13.8 Å². The van der Waals surface area contributed by atoms with Crippen molar-refractivity contribution in [2.24, 2.45) is 0 Å². The van der Waals surface area contributed by atoms with E-state index in [-0.39, 0.29) is 28.7 Å². The van der Waals surface area contributed by atoms with Gasteiger partial charge in [-0.1, -0.05) is 26.0 Å². The van der Waals surface area contributed by atoms with Gasteiger partial charge in [0.15, 0.2) is 5.75 Å². The van der Waals surface area contributed by atoms with Crippen molar-refractivity contribution in [1.29, 1.82) is 0 Å². The molecule has 0 unspecified atom stereocenters. The third-order valence-corrected chi connectivity index (χ3v) is 3.52. The van der Waals surface area contributed by atoms with Gasteiger partial charge in [-0.25, -0.2) is 14.2 Å². The largest absolute Gasteiger partial charge is 0.503 e. The fraction of sp³-hybridized carbons (Fsp3) is 0.333. The summed E-state index contributed by atoms with van der Waals surface area (Å²) in [5, 5.41) is 10.6. The van der Waals surface area contributed by atoms with Crippen molar-refractivity contribution in [3.8, 4) is 22.8 Å². The van der Waals surface area contributed by atoms with Crippen LogP contribution in [0, 0.1) is 5.82 Å². The molecular formula is C18H20FNO4. The Balaban J connectivity index is 2.85. The van der Waals surface area contributed by atoms with E-state index >= 15 is 0 Å². The topological polar surface area (TPSA) is 68.7 Å². The Labute approximate surface area is 140 Å². The Morgan fingerprint density at radius 2 is 1.92 bits per heavy atom. The van der Waals surface area contributed by atoms with E-state index in [4.69, 9.17) is 9.47 Å². The van der Waals surface area contributed by atoms with Gasteiger partial charge in [-0.05, 0) is 30.5 Å². The molecule has 0 atom stereocenters. The van der Waals surface area contributed by atoms with E-state index in [0.717, 1.165) is 0 Å². The molecule has 1 N–H and O–H groups in total. The standard InChI is InChI=1S/C18H20FNO4/c1-5-24-17-16(21)13(11-6-8-12(19)9-7-11)14(18(22)23-4)15(20-17)10(2)3/h6-10,21H,5H2,1-4H3. The lowest BCUT2D eigenvalue weighted by Gasteiger charge is -2.19. The van der Waals surface area contributed by atoms with Gasteiger partial charge in [0.05, 0.1) is 25.0 Å². The molecule has 0 saturated carbocycles. The Kier molecular flexibility index (Phi) is 5.39. The summed E-state index contributed by atoms with van der Waals surface area (Å²) in [6.45, 7) is 5.81. The number of benzene rings is 1. The molecule has 2 aromatic rings. The molecule has 0 saturated heterocycles. The van der Waals surface area contributed by atoms with Gasteiger partial charge in [-0.3, -0.25) is 0 Å². The Bertz CT molecular complexity index is 742. The molecule has 6 heteroatoms. The summed E-state index contributed by atoms with van der Waals surface area (Å²) in [6.07, 6.45) is 0. The molecular weight excluding hydrogens is 313 g/mol. The van der Waals surface area contributed by atoms with E-state index in [1.54, 1.807) is 6.92 Å². The van der Waals surface area contributed by atoms with Crippen LogP contribution in [0.5, 0.6) is 11.6 Å². The quantitative estimate of drug-likeness (QED) is 0.840. The molecule has 0 spiro atoms. The summed E-state index contributed by atoms with van der Waals surface area (Å²) < 4.78 is 23.5. The highest BCUT2D eigenvalue weighted by Crippen LogP contribution is 2.42. The van der Waals surface area contributed by atoms with Crippen LogP contribution in [0.4, 0.5) is 4.39 Å². The van der Waals surface area contributed by atoms with Crippen molar-refractivity contribution in [2.45, 2.75) is 26.7 Å². The first kappa shape index (κ1) is 17.7. The summed E-state index contributed by atoms with van der Waals surface area (Å²) in [6, 6.07) is 5.48. The summed E-state index contributed by atoms with van der Waals surface area (Å²) in [5.74, 6) is -1.38. The highest BCUT2D eigenvalue weighted by molar-refractivity contribution is 6.00. The van der Waals surface area contributed by atoms with Gasteiger partial charge in [0.25, 0.3) is 5.88 Å². The molecule has 0 radical (unpaired) electrons. The molecule has 0 aliphatic rings. The maximum Gasteiger partial charge on any atom is 0.340 e. The molecule has 1 aromatic carbocycles. The summed E-state index contributed by atoms with van der Waals surface area (Å²) >= 11 is 0. The molecule has 2 rings (SSSR count). The van der Waals surface area contributed by atoms with E-state index in [1.165, 1.54) is 31.4 Å². The fourth-order valence-electron chi connectivity index (χ4n) is 2.43. The number of carbonyl (C=O) groups excluding carboxylic acids is 1. The number of aromatic nitrogens is 1. The van der Waals surface area contributed by atoms with Crippen LogP contribution in [0.15, 0.2) is 24.3 Å². The zero-order chi connectivity index (χ0) is 17.9. The predicted molar refractivity (Wildman–Crippen MR) is 87.9 cm³/mol. The van der Waals surface area contributed by atoms with Gasteiger partial charge in [-0.2, -0.15) is 0 Å². The number of methoxy groups -OCH3 is 1. The number of hydrogen-bond acceptors (Lipinski definition) is 5.